The van der Waals surface area contributed by atoms with Crippen LogP contribution in [-0.2, 0) is 27.7 Å². The van der Waals surface area contributed by atoms with Crippen molar-refractivity contribution in [1.82, 2.24) is 10.0 Å². The van der Waals surface area contributed by atoms with E-state index in [9.17, 15) is 13.2 Å². The normalized spacial score (nSPS) is 13.0. The number of nitrogens with two attached hydrogens (primary N) is 1. The Morgan fingerprint density at radius 1 is 1.29 bits per heavy atom. The summed E-state index contributed by atoms with van der Waals surface area (Å²) >= 11 is 0. The van der Waals surface area contributed by atoms with Gasteiger partial charge in [0.05, 0.1) is 10.9 Å². The molecule has 7 heteroatoms. The molecule has 0 radical (unpaired) electrons. The first-order chi connectivity index (χ1) is 9.76. The fourth-order valence-electron chi connectivity index (χ4n) is 2.11. The van der Waals surface area contributed by atoms with Crippen LogP contribution in [0.3, 0.4) is 0 Å². The van der Waals surface area contributed by atoms with Crippen LogP contribution in [0.4, 0.5) is 5.69 Å². The summed E-state index contributed by atoms with van der Waals surface area (Å²) in [5.74, 6) is -0.392. The van der Waals surface area contributed by atoms with Gasteiger partial charge in [0.1, 0.15) is 0 Å². The smallest absolute Gasteiger partial charge is 0.241 e. The highest BCUT2D eigenvalue weighted by Crippen LogP contribution is 2.25. The maximum Gasteiger partial charge on any atom is 0.241 e. The second-order valence-electron chi connectivity index (χ2n) is 4.83. The zero-order chi connectivity index (χ0) is 16.2. The van der Waals surface area contributed by atoms with Crippen molar-refractivity contribution >= 4 is 21.6 Å². The highest BCUT2D eigenvalue weighted by atomic mass is 32.2. The van der Waals surface area contributed by atoms with E-state index in [0.29, 0.717) is 24.1 Å². The lowest BCUT2D eigenvalue weighted by Gasteiger charge is -2.17. The van der Waals surface area contributed by atoms with Gasteiger partial charge in [-0.05, 0) is 43.0 Å². The molecular formula is C14H23N3O3S. The summed E-state index contributed by atoms with van der Waals surface area (Å²) in [4.78, 5) is 11.7. The summed E-state index contributed by atoms with van der Waals surface area (Å²) in [6, 6.07) is 2.56. The average Bonchev–Trinajstić information content (AvgIpc) is 2.44. The van der Waals surface area contributed by atoms with Crippen molar-refractivity contribution in [2.45, 2.75) is 44.6 Å². The molecule has 1 aromatic carbocycles. The van der Waals surface area contributed by atoms with Crippen LogP contribution in [0.25, 0.3) is 0 Å². The lowest BCUT2D eigenvalue weighted by Crippen LogP contribution is -2.43. The van der Waals surface area contributed by atoms with Gasteiger partial charge in [0, 0.05) is 12.7 Å². The van der Waals surface area contributed by atoms with E-state index in [1.807, 2.05) is 13.8 Å². The van der Waals surface area contributed by atoms with Gasteiger partial charge in [-0.1, -0.05) is 13.8 Å². The highest BCUT2D eigenvalue weighted by molar-refractivity contribution is 7.89. The predicted octanol–water partition coefficient (Wildman–Crippen LogP) is 0.806. The molecule has 0 aliphatic carbocycles. The molecule has 0 aliphatic rings. The van der Waals surface area contributed by atoms with Gasteiger partial charge in [0.2, 0.25) is 15.9 Å². The molecule has 1 aromatic rings. The zero-order valence-corrected chi connectivity index (χ0v) is 13.7. The van der Waals surface area contributed by atoms with Gasteiger partial charge in [-0.2, -0.15) is 4.72 Å². The maximum atomic E-state index is 12.5. The van der Waals surface area contributed by atoms with Crippen molar-refractivity contribution in [2.24, 2.45) is 0 Å². The van der Waals surface area contributed by atoms with Gasteiger partial charge in [0.25, 0.3) is 0 Å². The number of anilines is 1. The van der Waals surface area contributed by atoms with E-state index in [-0.39, 0.29) is 4.90 Å². The number of carbonyl (C=O) groups is 1. The Morgan fingerprint density at radius 3 is 2.38 bits per heavy atom. The summed E-state index contributed by atoms with van der Waals surface area (Å²) < 4.78 is 27.4. The van der Waals surface area contributed by atoms with Crippen LogP contribution in [0, 0.1) is 0 Å². The van der Waals surface area contributed by atoms with Crippen LogP contribution in [0.15, 0.2) is 17.0 Å². The fraction of sp³-hybridized carbons (Fsp3) is 0.500. The topological polar surface area (TPSA) is 101 Å². The van der Waals surface area contributed by atoms with E-state index < -0.39 is 22.0 Å². The molecule has 1 unspecified atom stereocenters. The summed E-state index contributed by atoms with van der Waals surface area (Å²) in [5.41, 5.74) is 7.83. The summed E-state index contributed by atoms with van der Waals surface area (Å²) in [5, 5.41) is 2.41. The zero-order valence-electron chi connectivity index (χ0n) is 12.9. The van der Waals surface area contributed by atoms with Crippen molar-refractivity contribution in [3.8, 4) is 0 Å². The molecular weight excluding hydrogens is 290 g/mol. The molecule has 21 heavy (non-hydrogen) atoms. The number of rotatable bonds is 6. The minimum Gasteiger partial charge on any atom is -0.398 e. The molecule has 118 valence electrons. The van der Waals surface area contributed by atoms with Gasteiger partial charge < -0.3 is 11.1 Å². The first-order valence-electron chi connectivity index (χ1n) is 6.92. The van der Waals surface area contributed by atoms with Crippen molar-refractivity contribution in [2.75, 3.05) is 12.8 Å². The SMILES string of the molecule is CCc1cc(N)c(CC)c(S(=O)(=O)NC(C)C(=O)NC)c1. The lowest BCUT2D eigenvalue weighted by atomic mass is 10.1. The van der Waals surface area contributed by atoms with E-state index in [0.717, 1.165) is 5.56 Å². The number of aryl methyl sites for hydroxylation is 1. The van der Waals surface area contributed by atoms with E-state index in [4.69, 9.17) is 5.73 Å². The highest BCUT2D eigenvalue weighted by Gasteiger charge is 2.24. The Labute approximate surface area is 126 Å². The van der Waals surface area contributed by atoms with Gasteiger partial charge in [-0.15, -0.1) is 0 Å². The molecule has 0 saturated heterocycles. The van der Waals surface area contributed by atoms with Gasteiger partial charge in [-0.3, -0.25) is 4.79 Å². The third kappa shape index (κ3) is 3.95. The number of hydrogen-bond acceptors (Lipinski definition) is 4. The first-order valence-corrected chi connectivity index (χ1v) is 8.40. The van der Waals surface area contributed by atoms with Crippen LogP contribution in [0.2, 0.25) is 0 Å². The Bertz CT molecular complexity index is 627. The Morgan fingerprint density at radius 2 is 1.90 bits per heavy atom. The number of benzene rings is 1. The maximum absolute atomic E-state index is 12.5. The van der Waals surface area contributed by atoms with E-state index in [1.54, 1.807) is 12.1 Å². The second-order valence-corrected chi connectivity index (χ2v) is 6.51. The predicted molar refractivity (Wildman–Crippen MR) is 83.5 cm³/mol. The largest absolute Gasteiger partial charge is 0.398 e. The first kappa shape index (κ1) is 17.5. The molecule has 0 spiro atoms. The minimum atomic E-state index is -3.80. The number of nitrogens with one attached hydrogen (secondary N) is 2. The third-order valence-corrected chi connectivity index (χ3v) is 4.93. The number of hydrogen-bond donors (Lipinski definition) is 3. The molecule has 0 bridgehead atoms. The number of amides is 1. The monoisotopic (exact) mass is 313 g/mol. The molecule has 0 aliphatic heterocycles. The van der Waals surface area contributed by atoms with Gasteiger partial charge in [-0.25, -0.2) is 8.42 Å². The van der Waals surface area contributed by atoms with E-state index >= 15 is 0 Å². The molecule has 1 atom stereocenters. The van der Waals surface area contributed by atoms with E-state index in [2.05, 4.69) is 10.0 Å². The molecule has 0 aromatic heterocycles. The van der Waals surface area contributed by atoms with E-state index in [1.165, 1.54) is 14.0 Å². The number of likely N-dealkylation sites (N-methyl/N-ethyl adjacent to an activating group) is 1. The summed E-state index contributed by atoms with van der Waals surface area (Å²) in [6.07, 6.45) is 1.18. The molecule has 0 fully saturated rings. The quantitative estimate of drug-likeness (QED) is 0.676. The Balaban J connectivity index is 3.30. The second kappa shape index (κ2) is 6.91. The van der Waals surface area contributed by atoms with Crippen LogP contribution >= 0.6 is 0 Å². The number of carbonyl (C=O) groups excluding carboxylic acids is 1. The third-order valence-electron chi connectivity index (χ3n) is 3.33. The Hall–Kier alpha value is -1.60. The number of nitrogen functional groups attached to an aromatic ring is 1. The van der Waals surface area contributed by atoms with Crippen LogP contribution in [0.1, 0.15) is 31.9 Å². The van der Waals surface area contributed by atoms with Gasteiger partial charge >= 0.3 is 0 Å². The molecule has 0 saturated carbocycles. The standard InChI is InChI=1S/C14H23N3O3S/c1-5-10-7-12(15)11(6-2)13(8-10)21(19,20)17-9(3)14(18)16-4/h7-9,17H,5-6,15H2,1-4H3,(H,16,18). The van der Waals surface area contributed by atoms with Crippen LogP contribution in [0.5, 0.6) is 0 Å². The van der Waals surface area contributed by atoms with Crippen molar-refractivity contribution in [3.63, 3.8) is 0 Å². The Kier molecular flexibility index (Phi) is 5.74. The molecule has 0 heterocycles. The van der Waals surface area contributed by atoms with Crippen LogP contribution in [-0.4, -0.2) is 27.4 Å². The summed E-state index contributed by atoms with van der Waals surface area (Å²) in [7, 11) is -2.34. The van der Waals surface area contributed by atoms with Crippen molar-refractivity contribution in [3.05, 3.63) is 23.3 Å². The molecule has 1 amide bonds. The lowest BCUT2D eigenvalue weighted by molar-refractivity contribution is -0.121. The molecule has 4 N–H and O–H groups in total. The summed E-state index contributed by atoms with van der Waals surface area (Å²) in [6.45, 7) is 5.27. The molecule has 6 nitrogen and oxygen atoms in total. The fourth-order valence-corrected chi connectivity index (χ4v) is 3.71. The van der Waals surface area contributed by atoms with Crippen molar-refractivity contribution < 1.29 is 13.2 Å². The van der Waals surface area contributed by atoms with Crippen molar-refractivity contribution in [1.29, 1.82) is 0 Å². The average molecular weight is 313 g/mol. The minimum absolute atomic E-state index is 0.151. The van der Waals surface area contributed by atoms with Crippen LogP contribution < -0.4 is 15.8 Å². The molecule has 1 rings (SSSR count). The van der Waals surface area contributed by atoms with Gasteiger partial charge in [0.15, 0.2) is 0 Å². The number of sulfonamides is 1.